The maximum Gasteiger partial charge on any atom is 0.222 e. The average Bonchev–Trinajstić information content (AvgIpc) is 2.93. The summed E-state index contributed by atoms with van der Waals surface area (Å²) in [6.45, 7) is 4.52. The lowest BCUT2D eigenvalue weighted by Gasteiger charge is -2.33. The SMILES string of the molecule is Cc1cnn(C2CCCN(C(=O)CCCCCCN)C2)c1.Cl.Cl. The Bertz CT molecular complexity index is 453. The summed E-state index contributed by atoms with van der Waals surface area (Å²) >= 11 is 0. The maximum absolute atomic E-state index is 12.3. The van der Waals surface area contributed by atoms with Crippen LogP contribution in [0.15, 0.2) is 12.4 Å². The van der Waals surface area contributed by atoms with Gasteiger partial charge >= 0.3 is 0 Å². The summed E-state index contributed by atoms with van der Waals surface area (Å²) < 4.78 is 2.02. The van der Waals surface area contributed by atoms with E-state index in [9.17, 15) is 4.79 Å². The zero-order valence-corrected chi connectivity index (χ0v) is 15.6. The molecular formula is C16H30Cl2N4O. The lowest BCUT2D eigenvalue weighted by molar-refractivity contribution is -0.133. The van der Waals surface area contributed by atoms with E-state index in [2.05, 4.69) is 18.2 Å². The van der Waals surface area contributed by atoms with E-state index in [1.54, 1.807) is 0 Å². The summed E-state index contributed by atoms with van der Waals surface area (Å²) in [5.74, 6) is 0.302. The van der Waals surface area contributed by atoms with E-state index < -0.39 is 0 Å². The molecule has 134 valence electrons. The number of piperidine rings is 1. The van der Waals surface area contributed by atoms with Gasteiger partial charge in [0, 0.05) is 25.7 Å². The van der Waals surface area contributed by atoms with Crippen molar-refractivity contribution in [3.63, 3.8) is 0 Å². The van der Waals surface area contributed by atoms with Gasteiger partial charge in [-0.25, -0.2) is 0 Å². The van der Waals surface area contributed by atoms with E-state index in [1.165, 1.54) is 5.56 Å². The number of hydrogen-bond acceptors (Lipinski definition) is 3. The van der Waals surface area contributed by atoms with Crippen molar-refractivity contribution in [3.05, 3.63) is 18.0 Å². The van der Waals surface area contributed by atoms with Crippen LogP contribution in [0, 0.1) is 6.92 Å². The van der Waals surface area contributed by atoms with Crippen LogP contribution in [-0.4, -0.2) is 40.2 Å². The van der Waals surface area contributed by atoms with Gasteiger partial charge in [0.15, 0.2) is 0 Å². The summed E-state index contributed by atoms with van der Waals surface area (Å²) in [6, 6.07) is 0.341. The summed E-state index contributed by atoms with van der Waals surface area (Å²) in [6.07, 6.45) is 11.1. The summed E-state index contributed by atoms with van der Waals surface area (Å²) in [7, 11) is 0. The topological polar surface area (TPSA) is 64.2 Å². The van der Waals surface area contributed by atoms with Crippen molar-refractivity contribution >= 4 is 30.7 Å². The van der Waals surface area contributed by atoms with Crippen molar-refractivity contribution in [2.75, 3.05) is 19.6 Å². The van der Waals surface area contributed by atoms with Crippen molar-refractivity contribution in [3.8, 4) is 0 Å². The molecule has 2 N–H and O–H groups in total. The molecule has 1 aromatic heterocycles. The fourth-order valence-corrected chi connectivity index (χ4v) is 2.96. The number of nitrogens with two attached hydrogens (primary N) is 1. The fourth-order valence-electron chi connectivity index (χ4n) is 2.96. The summed E-state index contributed by atoms with van der Waals surface area (Å²) in [4.78, 5) is 14.3. The zero-order valence-electron chi connectivity index (χ0n) is 13.9. The monoisotopic (exact) mass is 364 g/mol. The molecule has 1 aliphatic heterocycles. The van der Waals surface area contributed by atoms with Crippen LogP contribution in [0.5, 0.6) is 0 Å². The highest BCUT2D eigenvalue weighted by Crippen LogP contribution is 2.22. The molecule has 1 aliphatic rings. The maximum atomic E-state index is 12.3. The van der Waals surface area contributed by atoms with Crippen LogP contribution in [0.2, 0.25) is 0 Å². The first-order valence-corrected chi connectivity index (χ1v) is 8.19. The molecule has 0 aromatic carbocycles. The van der Waals surface area contributed by atoms with E-state index >= 15 is 0 Å². The Kier molecular flexibility index (Phi) is 11.3. The quantitative estimate of drug-likeness (QED) is 0.755. The van der Waals surface area contributed by atoms with Gasteiger partial charge in [-0.2, -0.15) is 5.10 Å². The Hall–Kier alpha value is -0.780. The normalized spacial score (nSPS) is 17.3. The van der Waals surface area contributed by atoms with Gasteiger partial charge in [0.25, 0.3) is 0 Å². The van der Waals surface area contributed by atoms with Gasteiger partial charge in [-0.1, -0.05) is 12.8 Å². The van der Waals surface area contributed by atoms with Crippen molar-refractivity contribution in [1.29, 1.82) is 0 Å². The number of nitrogens with zero attached hydrogens (tertiary/aromatic N) is 3. The van der Waals surface area contributed by atoms with E-state index in [0.29, 0.717) is 18.4 Å². The van der Waals surface area contributed by atoms with E-state index in [1.807, 2.05) is 15.8 Å². The predicted molar refractivity (Wildman–Crippen MR) is 98.5 cm³/mol. The molecule has 0 aliphatic carbocycles. The molecule has 1 aromatic rings. The number of carbonyl (C=O) groups is 1. The third-order valence-electron chi connectivity index (χ3n) is 4.20. The van der Waals surface area contributed by atoms with E-state index in [4.69, 9.17) is 5.73 Å². The third kappa shape index (κ3) is 7.10. The van der Waals surface area contributed by atoms with Crippen LogP contribution < -0.4 is 5.73 Å². The van der Waals surface area contributed by atoms with Crippen molar-refractivity contribution < 1.29 is 4.79 Å². The van der Waals surface area contributed by atoms with Gasteiger partial charge in [-0.3, -0.25) is 9.48 Å². The molecule has 2 rings (SSSR count). The van der Waals surface area contributed by atoms with Crippen LogP contribution in [0.4, 0.5) is 0 Å². The number of likely N-dealkylation sites (tertiary alicyclic amines) is 1. The largest absolute Gasteiger partial charge is 0.341 e. The number of halogens is 2. The van der Waals surface area contributed by atoms with Gasteiger partial charge in [0.05, 0.1) is 12.2 Å². The smallest absolute Gasteiger partial charge is 0.222 e. The lowest BCUT2D eigenvalue weighted by Crippen LogP contribution is -2.40. The molecule has 2 heterocycles. The van der Waals surface area contributed by atoms with Gasteiger partial charge in [-0.05, 0) is 44.7 Å². The minimum absolute atomic E-state index is 0. The Balaban J connectivity index is 0.00000242. The van der Waals surface area contributed by atoms with Gasteiger partial charge in [0.2, 0.25) is 5.91 Å². The first-order valence-electron chi connectivity index (χ1n) is 8.19. The molecule has 1 atom stereocenters. The van der Waals surface area contributed by atoms with Gasteiger partial charge in [0.1, 0.15) is 0 Å². The predicted octanol–water partition coefficient (Wildman–Crippen LogP) is 3.11. The van der Waals surface area contributed by atoms with Crippen LogP contribution in [-0.2, 0) is 4.79 Å². The lowest BCUT2D eigenvalue weighted by atomic mass is 10.0. The highest BCUT2D eigenvalue weighted by atomic mass is 35.5. The van der Waals surface area contributed by atoms with Crippen molar-refractivity contribution in [1.82, 2.24) is 14.7 Å². The van der Waals surface area contributed by atoms with E-state index in [0.717, 1.165) is 58.2 Å². The molecule has 0 spiro atoms. The third-order valence-corrected chi connectivity index (χ3v) is 4.20. The average molecular weight is 365 g/mol. The van der Waals surface area contributed by atoms with Crippen LogP contribution in [0.1, 0.15) is 56.6 Å². The highest BCUT2D eigenvalue weighted by molar-refractivity contribution is 5.85. The number of amides is 1. The van der Waals surface area contributed by atoms with Crippen molar-refractivity contribution in [2.24, 2.45) is 5.73 Å². The molecule has 1 amide bonds. The van der Waals surface area contributed by atoms with E-state index in [-0.39, 0.29) is 24.8 Å². The first kappa shape index (κ1) is 22.2. The molecule has 1 fully saturated rings. The molecule has 1 saturated heterocycles. The Morgan fingerprint density at radius 2 is 2.04 bits per heavy atom. The molecular weight excluding hydrogens is 335 g/mol. The van der Waals surface area contributed by atoms with Gasteiger partial charge in [-0.15, -0.1) is 24.8 Å². The molecule has 7 heteroatoms. The summed E-state index contributed by atoms with van der Waals surface area (Å²) in [5, 5.41) is 4.40. The van der Waals surface area contributed by atoms with Crippen LogP contribution in [0.25, 0.3) is 0 Å². The molecule has 0 radical (unpaired) electrons. The van der Waals surface area contributed by atoms with Crippen molar-refractivity contribution in [2.45, 2.75) is 57.9 Å². The molecule has 1 unspecified atom stereocenters. The number of carbonyl (C=O) groups excluding carboxylic acids is 1. The Labute approximate surface area is 151 Å². The Morgan fingerprint density at radius 1 is 1.30 bits per heavy atom. The number of aromatic nitrogens is 2. The number of unbranched alkanes of at least 4 members (excludes halogenated alkanes) is 3. The molecule has 0 saturated carbocycles. The minimum atomic E-state index is 0. The molecule has 23 heavy (non-hydrogen) atoms. The number of hydrogen-bond donors (Lipinski definition) is 1. The molecule has 5 nitrogen and oxygen atoms in total. The number of aryl methyl sites for hydroxylation is 1. The molecule has 0 bridgehead atoms. The first-order chi connectivity index (χ1) is 10.2. The minimum Gasteiger partial charge on any atom is -0.341 e. The van der Waals surface area contributed by atoms with Gasteiger partial charge < -0.3 is 10.6 Å². The number of rotatable bonds is 7. The second-order valence-corrected chi connectivity index (χ2v) is 6.09. The van der Waals surface area contributed by atoms with Crippen LogP contribution >= 0.6 is 24.8 Å². The second kappa shape index (κ2) is 11.7. The Morgan fingerprint density at radius 3 is 2.70 bits per heavy atom. The van der Waals surface area contributed by atoms with Crippen LogP contribution in [0.3, 0.4) is 0 Å². The highest BCUT2D eigenvalue weighted by Gasteiger charge is 2.24. The standard InChI is InChI=1S/C16H28N4O.2ClH/c1-14-11-18-20(12-14)15-7-6-10-19(13-15)16(21)8-4-2-3-5-9-17;;/h11-12,15H,2-10,13,17H2,1H3;2*1H. The second-order valence-electron chi connectivity index (χ2n) is 6.09. The fraction of sp³-hybridized carbons (Fsp3) is 0.750. The summed E-state index contributed by atoms with van der Waals surface area (Å²) in [5.41, 5.74) is 6.66. The zero-order chi connectivity index (χ0) is 15.1.